The molecular formula is C39H38O4. The lowest BCUT2D eigenvalue weighted by molar-refractivity contribution is -0.119. The quantitative estimate of drug-likeness (QED) is 0.217. The lowest BCUT2D eigenvalue weighted by Crippen LogP contribution is -2.15. The highest BCUT2D eigenvalue weighted by Crippen LogP contribution is 2.47. The van der Waals surface area contributed by atoms with Gasteiger partial charge in [0.2, 0.25) is 6.79 Å². The molecule has 43 heavy (non-hydrogen) atoms. The minimum atomic E-state index is 0.144. The number of carbonyl (C=O) groups is 2. The van der Waals surface area contributed by atoms with E-state index in [2.05, 4.69) is 48.5 Å². The van der Waals surface area contributed by atoms with Crippen molar-refractivity contribution >= 4 is 45.3 Å². The zero-order valence-electron chi connectivity index (χ0n) is 24.6. The first-order valence-corrected chi connectivity index (χ1v) is 16.0. The topological polar surface area (TPSA) is 52.6 Å². The fraction of sp³-hybridized carbons (Fsp3) is 0.333. The Bertz CT molecular complexity index is 1620. The van der Waals surface area contributed by atoms with Crippen molar-refractivity contribution in [2.24, 2.45) is 11.8 Å². The summed E-state index contributed by atoms with van der Waals surface area (Å²) in [6.45, 7) is 0.144. The summed E-state index contributed by atoms with van der Waals surface area (Å²) in [5.41, 5.74) is 4.06. The molecule has 3 aliphatic rings. The van der Waals surface area contributed by atoms with Crippen LogP contribution < -0.4 is 9.47 Å². The third-order valence-corrected chi connectivity index (χ3v) is 9.59. The first kappa shape index (κ1) is 27.6. The Labute approximate surface area is 253 Å². The number of allylic oxidation sites excluding steroid dienone is 2. The maximum absolute atomic E-state index is 12.8. The number of hydrogen-bond donors (Lipinski definition) is 0. The second-order valence-electron chi connectivity index (χ2n) is 12.4. The van der Waals surface area contributed by atoms with Crippen LogP contribution in [0, 0.1) is 11.8 Å². The second kappa shape index (κ2) is 12.2. The molecule has 2 saturated carbocycles. The van der Waals surface area contributed by atoms with Crippen molar-refractivity contribution < 1.29 is 19.1 Å². The van der Waals surface area contributed by atoms with Gasteiger partial charge in [-0.2, -0.15) is 0 Å². The van der Waals surface area contributed by atoms with Gasteiger partial charge in [0, 0.05) is 23.0 Å². The number of hydrogen-bond acceptors (Lipinski definition) is 4. The molecule has 0 N–H and O–H groups in total. The van der Waals surface area contributed by atoms with Gasteiger partial charge in [0.05, 0.1) is 0 Å². The van der Waals surface area contributed by atoms with E-state index < -0.39 is 0 Å². The molecule has 4 heteroatoms. The molecular weight excluding hydrogens is 532 g/mol. The Hall–Kier alpha value is -4.18. The van der Waals surface area contributed by atoms with E-state index in [4.69, 9.17) is 9.47 Å². The fourth-order valence-electron chi connectivity index (χ4n) is 7.18. The Morgan fingerprint density at radius 1 is 0.558 bits per heavy atom. The highest BCUT2D eigenvalue weighted by Gasteiger charge is 2.23. The van der Waals surface area contributed by atoms with Gasteiger partial charge >= 0.3 is 0 Å². The summed E-state index contributed by atoms with van der Waals surface area (Å²) < 4.78 is 12.2. The summed E-state index contributed by atoms with van der Waals surface area (Å²) in [6.07, 6.45) is 18.6. The average molecular weight is 571 g/mol. The monoisotopic (exact) mass is 570 g/mol. The van der Waals surface area contributed by atoms with E-state index >= 15 is 0 Å². The molecule has 2 aliphatic carbocycles. The fourth-order valence-corrected chi connectivity index (χ4v) is 7.18. The van der Waals surface area contributed by atoms with Gasteiger partial charge in [-0.15, -0.1) is 0 Å². The summed E-state index contributed by atoms with van der Waals surface area (Å²) in [4.78, 5) is 25.5. The lowest BCUT2D eigenvalue weighted by atomic mass is 9.86. The average Bonchev–Trinajstić information content (AvgIpc) is 3.26. The first-order chi connectivity index (χ1) is 21.1. The Kier molecular flexibility index (Phi) is 7.84. The van der Waals surface area contributed by atoms with Gasteiger partial charge in [-0.1, -0.05) is 87.1 Å². The van der Waals surface area contributed by atoms with Gasteiger partial charge in [0.1, 0.15) is 11.5 Å². The summed E-state index contributed by atoms with van der Waals surface area (Å²) in [5, 5.41) is 4.32. The molecule has 0 atom stereocenters. The van der Waals surface area contributed by atoms with Crippen LogP contribution in [0.3, 0.4) is 0 Å². The minimum Gasteiger partial charge on any atom is -0.457 e. The van der Waals surface area contributed by atoms with Crippen LogP contribution in [-0.2, 0) is 9.59 Å². The number of rotatable bonds is 6. The van der Waals surface area contributed by atoms with Crippen LogP contribution in [0.25, 0.3) is 44.8 Å². The molecule has 0 spiro atoms. The molecule has 0 unspecified atom stereocenters. The van der Waals surface area contributed by atoms with Gasteiger partial charge in [-0.05, 0) is 94.8 Å². The molecule has 4 aromatic carbocycles. The maximum atomic E-state index is 12.8. The summed E-state index contributed by atoms with van der Waals surface area (Å²) in [5.74, 6) is 2.43. The SMILES string of the molecule is O=C(/C=C/c1ccc2c3c(ccc2c1)OCOc1ccc2cc(/C=C/C(=O)C4CCCCC4)ccc2c1-3)C1CCCCC1. The van der Waals surface area contributed by atoms with E-state index in [-0.39, 0.29) is 30.2 Å². The van der Waals surface area contributed by atoms with Crippen LogP contribution in [0.5, 0.6) is 11.5 Å². The van der Waals surface area contributed by atoms with E-state index in [1.165, 1.54) is 12.8 Å². The number of ether oxygens (including phenoxy) is 2. The van der Waals surface area contributed by atoms with Crippen molar-refractivity contribution in [1.29, 1.82) is 0 Å². The number of benzene rings is 4. The molecule has 1 heterocycles. The van der Waals surface area contributed by atoms with Gasteiger partial charge < -0.3 is 9.47 Å². The zero-order valence-corrected chi connectivity index (χ0v) is 24.6. The van der Waals surface area contributed by atoms with Crippen molar-refractivity contribution in [2.75, 3.05) is 6.79 Å². The van der Waals surface area contributed by atoms with Crippen LogP contribution in [-0.4, -0.2) is 18.4 Å². The van der Waals surface area contributed by atoms with Crippen LogP contribution in [0.1, 0.15) is 75.3 Å². The molecule has 7 rings (SSSR count). The van der Waals surface area contributed by atoms with Crippen LogP contribution in [0.4, 0.5) is 0 Å². The molecule has 4 nitrogen and oxygen atoms in total. The third-order valence-electron chi connectivity index (χ3n) is 9.59. The third kappa shape index (κ3) is 5.76. The first-order valence-electron chi connectivity index (χ1n) is 16.0. The minimum absolute atomic E-state index is 0.144. The molecule has 218 valence electrons. The molecule has 2 fully saturated rings. The predicted octanol–water partition coefficient (Wildman–Crippen LogP) is 9.71. The normalized spacial score (nSPS) is 17.9. The molecule has 0 aromatic heterocycles. The van der Waals surface area contributed by atoms with Crippen molar-refractivity contribution in [3.63, 3.8) is 0 Å². The van der Waals surface area contributed by atoms with Gasteiger partial charge in [-0.25, -0.2) is 0 Å². The smallest absolute Gasteiger partial charge is 0.230 e. The van der Waals surface area contributed by atoms with Crippen molar-refractivity contribution in [3.8, 4) is 22.6 Å². The summed E-state index contributed by atoms with van der Waals surface area (Å²) >= 11 is 0. The lowest BCUT2D eigenvalue weighted by Gasteiger charge is -2.18. The molecule has 0 amide bonds. The molecule has 0 radical (unpaired) electrons. The Balaban J connectivity index is 1.23. The van der Waals surface area contributed by atoms with Crippen LogP contribution in [0.15, 0.2) is 72.8 Å². The highest BCUT2D eigenvalue weighted by molar-refractivity contribution is 6.10. The number of carbonyl (C=O) groups excluding carboxylic acids is 2. The molecule has 4 aromatic rings. The van der Waals surface area contributed by atoms with E-state index in [0.29, 0.717) is 0 Å². The van der Waals surface area contributed by atoms with E-state index in [0.717, 1.165) is 107 Å². The second-order valence-corrected chi connectivity index (χ2v) is 12.4. The van der Waals surface area contributed by atoms with Crippen LogP contribution in [0.2, 0.25) is 0 Å². The van der Waals surface area contributed by atoms with Crippen molar-refractivity contribution in [3.05, 3.63) is 83.9 Å². The Morgan fingerprint density at radius 2 is 1.00 bits per heavy atom. The summed E-state index contributed by atoms with van der Waals surface area (Å²) in [7, 11) is 0. The number of fused-ring (bicyclic) bond motifs is 7. The van der Waals surface area contributed by atoms with E-state index in [1.807, 2.05) is 24.3 Å². The van der Waals surface area contributed by atoms with Crippen molar-refractivity contribution in [2.45, 2.75) is 64.2 Å². The Morgan fingerprint density at radius 3 is 1.44 bits per heavy atom. The molecule has 1 aliphatic heterocycles. The van der Waals surface area contributed by atoms with E-state index in [9.17, 15) is 9.59 Å². The predicted molar refractivity (Wildman–Crippen MR) is 174 cm³/mol. The van der Waals surface area contributed by atoms with Crippen LogP contribution >= 0.6 is 0 Å². The maximum Gasteiger partial charge on any atom is 0.230 e. The van der Waals surface area contributed by atoms with Gasteiger partial charge in [-0.3, -0.25) is 9.59 Å². The molecule has 0 saturated heterocycles. The number of ketones is 2. The largest absolute Gasteiger partial charge is 0.457 e. The standard InChI is InChI=1S/C39H38O4/c40-34(28-7-3-1-4-8-28)19-13-26-11-17-32-30(23-26)15-21-36-38(32)39-33-18-12-27(14-20-35(41)29-9-5-2-6-10-29)24-31(33)16-22-37(39)43-25-42-36/h11-24,28-29H,1-10,25H2/b19-13+,20-14+. The van der Waals surface area contributed by atoms with Gasteiger partial charge in [0.15, 0.2) is 11.6 Å². The van der Waals surface area contributed by atoms with E-state index in [1.54, 1.807) is 12.2 Å². The highest BCUT2D eigenvalue weighted by atomic mass is 16.7. The van der Waals surface area contributed by atoms with Gasteiger partial charge in [0.25, 0.3) is 0 Å². The molecule has 0 bridgehead atoms. The van der Waals surface area contributed by atoms with Crippen molar-refractivity contribution in [1.82, 2.24) is 0 Å². The summed E-state index contributed by atoms with van der Waals surface area (Å²) in [6, 6.07) is 20.9. The zero-order chi connectivity index (χ0) is 29.2.